The minimum absolute atomic E-state index is 0.162. The Hall–Kier alpha value is -1.14. The van der Waals surface area contributed by atoms with E-state index in [0.717, 1.165) is 12.8 Å². The average Bonchev–Trinajstić information content (AvgIpc) is 2.39. The monoisotopic (exact) mass is 284 g/mol. The first-order valence-electron chi connectivity index (χ1n) is 6.60. The molecule has 0 saturated carbocycles. The second-order valence-electron chi connectivity index (χ2n) is 5.37. The van der Waals surface area contributed by atoms with Gasteiger partial charge in [-0.2, -0.15) is 4.31 Å². The number of nitrogens with one attached hydrogen (secondary N) is 1. The summed E-state index contributed by atoms with van der Waals surface area (Å²) in [5, 5.41) is 0. The SMILES string of the molecule is CC(C)C1CCN(S(=O)(=O)c2ccc(=O)[nH]c2)CC1. The highest BCUT2D eigenvalue weighted by molar-refractivity contribution is 7.89. The van der Waals surface area contributed by atoms with E-state index in [-0.39, 0.29) is 10.5 Å². The molecular weight excluding hydrogens is 264 g/mol. The van der Waals surface area contributed by atoms with Crippen LogP contribution in [0, 0.1) is 11.8 Å². The summed E-state index contributed by atoms with van der Waals surface area (Å²) in [6.07, 6.45) is 3.08. The number of pyridine rings is 1. The first kappa shape index (κ1) is 14.3. The van der Waals surface area contributed by atoms with Crippen molar-refractivity contribution in [2.75, 3.05) is 13.1 Å². The minimum Gasteiger partial charge on any atom is -0.328 e. The van der Waals surface area contributed by atoms with Crippen molar-refractivity contribution in [2.24, 2.45) is 11.8 Å². The van der Waals surface area contributed by atoms with Crippen LogP contribution in [0.4, 0.5) is 0 Å². The van der Waals surface area contributed by atoms with Crippen LogP contribution < -0.4 is 5.56 Å². The van der Waals surface area contributed by atoms with E-state index >= 15 is 0 Å². The van der Waals surface area contributed by atoms with Gasteiger partial charge in [-0.3, -0.25) is 4.79 Å². The number of sulfonamides is 1. The Balaban J connectivity index is 2.14. The van der Waals surface area contributed by atoms with E-state index in [1.54, 1.807) is 0 Å². The van der Waals surface area contributed by atoms with Crippen LogP contribution in [0.1, 0.15) is 26.7 Å². The summed E-state index contributed by atoms with van der Waals surface area (Å²) >= 11 is 0. The second-order valence-corrected chi connectivity index (χ2v) is 7.31. The zero-order valence-electron chi connectivity index (χ0n) is 11.3. The van der Waals surface area contributed by atoms with E-state index in [1.165, 1.54) is 22.6 Å². The minimum atomic E-state index is -3.46. The smallest absolute Gasteiger partial charge is 0.247 e. The lowest BCUT2D eigenvalue weighted by Gasteiger charge is -2.33. The average molecular weight is 284 g/mol. The third-order valence-corrected chi connectivity index (χ3v) is 5.73. The van der Waals surface area contributed by atoms with Gasteiger partial charge in [0.2, 0.25) is 15.6 Å². The van der Waals surface area contributed by atoms with Gasteiger partial charge < -0.3 is 4.98 Å². The predicted octanol–water partition coefficient (Wildman–Crippen LogP) is 1.43. The van der Waals surface area contributed by atoms with Crippen molar-refractivity contribution in [3.8, 4) is 0 Å². The van der Waals surface area contributed by atoms with Gasteiger partial charge in [-0.15, -0.1) is 0 Å². The molecule has 0 atom stereocenters. The first-order chi connectivity index (χ1) is 8.91. The summed E-state index contributed by atoms with van der Waals surface area (Å²) in [5.74, 6) is 1.19. The topological polar surface area (TPSA) is 70.2 Å². The molecule has 0 aromatic carbocycles. The molecule has 1 N–H and O–H groups in total. The van der Waals surface area contributed by atoms with E-state index < -0.39 is 10.0 Å². The van der Waals surface area contributed by atoms with Crippen molar-refractivity contribution < 1.29 is 8.42 Å². The van der Waals surface area contributed by atoms with Crippen LogP contribution in [0.5, 0.6) is 0 Å². The summed E-state index contributed by atoms with van der Waals surface area (Å²) < 4.78 is 26.3. The highest BCUT2D eigenvalue weighted by Gasteiger charge is 2.30. The Morgan fingerprint density at radius 2 is 1.89 bits per heavy atom. The molecule has 106 valence electrons. The molecule has 0 bridgehead atoms. The van der Waals surface area contributed by atoms with Crippen LogP contribution in [0.25, 0.3) is 0 Å². The number of rotatable bonds is 3. The van der Waals surface area contributed by atoms with Crippen molar-refractivity contribution in [2.45, 2.75) is 31.6 Å². The maximum atomic E-state index is 12.4. The van der Waals surface area contributed by atoms with Crippen molar-refractivity contribution in [3.63, 3.8) is 0 Å². The number of aromatic nitrogens is 1. The van der Waals surface area contributed by atoms with E-state index in [4.69, 9.17) is 0 Å². The normalized spacial score (nSPS) is 18.9. The van der Waals surface area contributed by atoms with Gasteiger partial charge in [0.1, 0.15) is 0 Å². The lowest BCUT2D eigenvalue weighted by molar-refractivity contribution is 0.226. The summed E-state index contributed by atoms with van der Waals surface area (Å²) in [4.78, 5) is 13.6. The fourth-order valence-electron chi connectivity index (χ4n) is 2.49. The largest absolute Gasteiger partial charge is 0.328 e. The Morgan fingerprint density at radius 3 is 2.37 bits per heavy atom. The molecule has 1 aliphatic rings. The molecule has 0 spiro atoms. The van der Waals surface area contributed by atoms with Gasteiger partial charge >= 0.3 is 0 Å². The van der Waals surface area contributed by atoms with Crippen LogP contribution in [-0.4, -0.2) is 30.8 Å². The number of hydrogen-bond acceptors (Lipinski definition) is 3. The quantitative estimate of drug-likeness (QED) is 0.913. The van der Waals surface area contributed by atoms with Crippen LogP contribution in [0.15, 0.2) is 28.0 Å². The van der Waals surface area contributed by atoms with E-state index in [2.05, 4.69) is 18.8 Å². The molecule has 0 radical (unpaired) electrons. The maximum absolute atomic E-state index is 12.4. The van der Waals surface area contributed by atoms with Gasteiger partial charge in [0.05, 0.1) is 4.90 Å². The van der Waals surface area contributed by atoms with Crippen LogP contribution in [0.2, 0.25) is 0 Å². The van der Waals surface area contributed by atoms with Crippen molar-refractivity contribution in [3.05, 3.63) is 28.7 Å². The highest BCUT2D eigenvalue weighted by atomic mass is 32.2. The standard InChI is InChI=1S/C13H20N2O3S/c1-10(2)11-5-7-15(8-6-11)19(17,18)12-3-4-13(16)14-9-12/h3-4,9-11H,5-8H2,1-2H3,(H,14,16). The van der Waals surface area contributed by atoms with E-state index in [0.29, 0.717) is 24.9 Å². The van der Waals surface area contributed by atoms with E-state index in [9.17, 15) is 13.2 Å². The summed E-state index contributed by atoms with van der Waals surface area (Å²) in [6, 6.07) is 2.61. The molecule has 0 aliphatic carbocycles. The van der Waals surface area contributed by atoms with Gasteiger partial charge in [-0.1, -0.05) is 13.8 Å². The van der Waals surface area contributed by atoms with Gasteiger partial charge in [0.15, 0.2) is 0 Å². The Morgan fingerprint density at radius 1 is 1.26 bits per heavy atom. The van der Waals surface area contributed by atoms with Crippen LogP contribution >= 0.6 is 0 Å². The maximum Gasteiger partial charge on any atom is 0.247 e. The van der Waals surface area contributed by atoms with Crippen molar-refractivity contribution in [1.29, 1.82) is 0 Å². The van der Waals surface area contributed by atoms with Gasteiger partial charge in [0.25, 0.3) is 0 Å². The zero-order valence-corrected chi connectivity index (χ0v) is 12.1. The zero-order chi connectivity index (χ0) is 14.0. The van der Waals surface area contributed by atoms with Gasteiger partial charge in [0, 0.05) is 25.4 Å². The van der Waals surface area contributed by atoms with Gasteiger partial charge in [-0.05, 0) is 30.7 Å². The first-order valence-corrected chi connectivity index (χ1v) is 8.04. The molecule has 2 rings (SSSR count). The molecule has 0 unspecified atom stereocenters. The fourth-order valence-corrected chi connectivity index (χ4v) is 3.93. The Labute approximate surface area is 113 Å². The Bertz CT molecular complexity index is 564. The third-order valence-electron chi connectivity index (χ3n) is 3.83. The van der Waals surface area contributed by atoms with Crippen molar-refractivity contribution >= 4 is 10.0 Å². The fraction of sp³-hybridized carbons (Fsp3) is 0.615. The molecule has 1 aliphatic heterocycles. The predicted molar refractivity (Wildman–Crippen MR) is 73.4 cm³/mol. The molecule has 6 heteroatoms. The Kier molecular flexibility index (Phi) is 4.10. The molecule has 1 aromatic rings. The van der Waals surface area contributed by atoms with Crippen molar-refractivity contribution in [1.82, 2.24) is 9.29 Å². The second kappa shape index (κ2) is 5.46. The van der Waals surface area contributed by atoms with Crippen LogP contribution in [-0.2, 0) is 10.0 Å². The number of piperidine rings is 1. The highest BCUT2D eigenvalue weighted by Crippen LogP contribution is 2.27. The third kappa shape index (κ3) is 3.06. The molecule has 2 heterocycles. The molecule has 1 fully saturated rings. The lowest BCUT2D eigenvalue weighted by atomic mass is 9.87. The summed E-state index contributed by atoms with van der Waals surface area (Å²) in [5.41, 5.74) is -0.294. The molecule has 0 amide bonds. The molecular formula is C13H20N2O3S. The molecule has 5 nitrogen and oxygen atoms in total. The van der Waals surface area contributed by atoms with Gasteiger partial charge in [-0.25, -0.2) is 8.42 Å². The summed E-state index contributed by atoms with van der Waals surface area (Å²) in [7, 11) is -3.46. The molecule has 19 heavy (non-hydrogen) atoms. The number of nitrogens with zero attached hydrogens (tertiary/aromatic N) is 1. The molecule has 1 aromatic heterocycles. The number of hydrogen-bond donors (Lipinski definition) is 1. The number of H-pyrrole nitrogens is 1. The number of aromatic amines is 1. The van der Waals surface area contributed by atoms with E-state index in [1.807, 2.05) is 0 Å². The lowest BCUT2D eigenvalue weighted by Crippen LogP contribution is -2.39. The summed E-state index contributed by atoms with van der Waals surface area (Å²) in [6.45, 7) is 5.47. The van der Waals surface area contributed by atoms with Crippen LogP contribution in [0.3, 0.4) is 0 Å². The molecule has 1 saturated heterocycles.